The van der Waals surface area contributed by atoms with Crippen molar-refractivity contribution in [2.45, 2.75) is 19.4 Å². The van der Waals surface area contributed by atoms with Gasteiger partial charge in [-0.15, -0.1) is 0 Å². The molecule has 0 radical (unpaired) electrons. The Morgan fingerprint density at radius 1 is 1.32 bits per heavy atom. The molecular formula is C12H18N2O4S. The van der Waals surface area contributed by atoms with Crippen LogP contribution in [0.3, 0.4) is 0 Å². The van der Waals surface area contributed by atoms with Gasteiger partial charge in [-0.2, -0.15) is 8.42 Å². The first-order valence-corrected chi connectivity index (χ1v) is 7.06. The Morgan fingerprint density at radius 2 is 1.84 bits per heavy atom. The maximum atomic E-state index is 8.74. The summed E-state index contributed by atoms with van der Waals surface area (Å²) in [6.07, 6.45) is 3.12. The molecule has 1 aromatic carbocycles. The van der Waals surface area contributed by atoms with Crippen molar-refractivity contribution < 1.29 is 17.5 Å². The fourth-order valence-corrected chi connectivity index (χ4v) is 1.94. The quantitative estimate of drug-likeness (QED) is 0.724. The van der Waals surface area contributed by atoms with Crippen LogP contribution in [0, 0.1) is 0 Å². The van der Waals surface area contributed by atoms with E-state index in [1.165, 1.54) is 16.5 Å². The van der Waals surface area contributed by atoms with Crippen molar-refractivity contribution in [3.8, 4) is 0 Å². The molecule has 0 aliphatic heterocycles. The van der Waals surface area contributed by atoms with E-state index in [-0.39, 0.29) is 6.04 Å². The molecule has 0 amide bonds. The van der Waals surface area contributed by atoms with Crippen molar-refractivity contribution in [2.75, 3.05) is 0 Å². The Hall–Kier alpha value is -1.41. The molecule has 0 fully saturated rings. The number of rotatable bonds is 2. The van der Waals surface area contributed by atoms with Gasteiger partial charge in [0.15, 0.2) is 0 Å². The molecule has 0 aliphatic rings. The molecule has 106 valence electrons. The summed E-state index contributed by atoms with van der Waals surface area (Å²) in [6.45, 7) is 2.04. The minimum Gasteiger partial charge on any atom is -0.350 e. The minimum absolute atomic E-state index is 0.223. The number of nitrogens with zero attached hydrogens (tertiary/aromatic N) is 1. The zero-order valence-corrected chi connectivity index (χ0v) is 11.6. The predicted octanol–water partition coefficient (Wildman–Crippen LogP) is 1.42. The molecule has 1 unspecified atom stereocenters. The average molecular weight is 286 g/mol. The maximum Gasteiger partial charge on any atom is 0.394 e. The Labute approximate surface area is 112 Å². The normalized spacial score (nSPS) is 12.9. The average Bonchev–Trinajstić information content (AvgIpc) is 2.54. The van der Waals surface area contributed by atoms with Gasteiger partial charge in [-0.1, -0.05) is 18.2 Å². The second kappa shape index (κ2) is 6.16. The van der Waals surface area contributed by atoms with Gasteiger partial charge < -0.3 is 10.3 Å². The van der Waals surface area contributed by atoms with E-state index in [9.17, 15) is 0 Å². The van der Waals surface area contributed by atoms with Crippen LogP contribution < -0.4 is 5.73 Å². The monoisotopic (exact) mass is 286 g/mol. The van der Waals surface area contributed by atoms with Gasteiger partial charge in [0.05, 0.1) is 0 Å². The largest absolute Gasteiger partial charge is 0.394 e. The molecule has 1 heterocycles. The second-order valence-corrected chi connectivity index (χ2v) is 5.31. The van der Waals surface area contributed by atoms with Gasteiger partial charge in [0, 0.05) is 30.2 Å². The molecule has 0 saturated carbocycles. The van der Waals surface area contributed by atoms with Crippen LogP contribution in [0.5, 0.6) is 0 Å². The molecule has 0 bridgehead atoms. The van der Waals surface area contributed by atoms with Gasteiger partial charge in [0.25, 0.3) is 0 Å². The number of benzene rings is 1. The second-order valence-electron chi connectivity index (χ2n) is 4.41. The highest BCUT2D eigenvalue weighted by Gasteiger charge is 2.06. The topological polar surface area (TPSA) is 106 Å². The van der Waals surface area contributed by atoms with E-state index in [0.717, 1.165) is 6.42 Å². The molecule has 6 nitrogen and oxygen atoms in total. The minimum atomic E-state index is -4.67. The third-order valence-corrected chi connectivity index (χ3v) is 2.52. The summed E-state index contributed by atoms with van der Waals surface area (Å²) in [6, 6.07) is 8.67. The van der Waals surface area contributed by atoms with Crippen LogP contribution in [0.15, 0.2) is 30.5 Å². The summed E-state index contributed by atoms with van der Waals surface area (Å²) in [5.41, 5.74) is 8.44. The van der Waals surface area contributed by atoms with Gasteiger partial charge in [0.1, 0.15) is 0 Å². The van der Waals surface area contributed by atoms with Crippen LogP contribution >= 0.6 is 0 Å². The first kappa shape index (κ1) is 15.6. The number of aryl methyl sites for hydroxylation is 1. The lowest BCUT2D eigenvalue weighted by molar-refractivity contribution is 0.381. The van der Waals surface area contributed by atoms with Crippen LogP contribution in [-0.4, -0.2) is 28.1 Å². The van der Waals surface area contributed by atoms with E-state index in [2.05, 4.69) is 42.1 Å². The molecular weight excluding hydrogens is 268 g/mol. The highest BCUT2D eigenvalue weighted by atomic mass is 32.3. The summed E-state index contributed by atoms with van der Waals surface area (Å²) in [7, 11) is -2.59. The Balaban J connectivity index is 0.000000312. The van der Waals surface area contributed by atoms with Crippen molar-refractivity contribution in [1.29, 1.82) is 0 Å². The maximum absolute atomic E-state index is 8.74. The molecule has 4 N–H and O–H groups in total. The highest BCUT2D eigenvalue weighted by Crippen LogP contribution is 2.20. The predicted molar refractivity (Wildman–Crippen MR) is 74.4 cm³/mol. The van der Waals surface area contributed by atoms with Crippen LogP contribution in [0.25, 0.3) is 10.9 Å². The lowest BCUT2D eigenvalue weighted by atomic mass is 10.1. The molecule has 19 heavy (non-hydrogen) atoms. The zero-order chi connectivity index (χ0) is 14.6. The third kappa shape index (κ3) is 5.39. The molecule has 0 aliphatic carbocycles. The van der Waals surface area contributed by atoms with Gasteiger partial charge in [-0.05, 0) is 25.0 Å². The lowest BCUT2D eigenvalue weighted by Crippen LogP contribution is -2.17. The molecule has 2 rings (SSSR count). The molecule has 1 aromatic heterocycles. The van der Waals surface area contributed by atoms with E-state index in [4.69, 9.17) is 23.3 Å². The van der Waals surface area contributed by atoms with Crippen molar-refractivity contribution in [3.05, 3.63) is 36.0 Å². The van der Waals surface area contributed by atoms with Gasteiger partial charge >= 0.3 is 10.4 Å². The SMILES string of the molecule is CC(N)Cc1cn(C)c2ccccc12.O=S(=O)(O)O. The van der Waals surface area contributed by atoms with E-state index >= 15 is 0 Å². The summed E-state index contributed by atoms with van der Waals surface area (Å²) in [5.74, 6) is 0. The number of hydrogen-bond donors (Lipinski definition) is 3. The summed E-state index contributed by atoms with van der Waals surface area (Å²) in [4.78, 5) is 0. The van der Waals surface area contributed by atoms with Gasteiger partial charge in [0.2, 0.25) is 0 Å². The van der Waals surface area contributed by atoms with Crippen LogP contribution in [0.1, 0.15) is 12.5 Å². The summed E-state index contributed by atoms with van der Waals surface area (Å²) in [5, 5.41) is 1.33. The van der Waals surface area contributed by atoms with Crippen molar-refractivity contribution >= 4 is 21.3 Å². The number of hydrogen-bond acceptors (Lipinski definition) is 3. The van der Waals surface area contributed by atoms with Crippen LogP contribution in [0.4, 0.5) is 0 Å². The molecule has 7 heteroatoms. The standard InChI is InChI=1S/C12H16N2.H2O4S/c1-9(13)7-10-8-14(2)12-6-4-3-5-11(10)12;1-5(2,3)4/h3-6,8-9H,7,13H2,1-2H3;(H2,1,2,3,4). The van der Waals surface area contributed by atoms with Gasteiger partial charge in [-0.3, -0.25) is 9.11 Å². The third-order valence-electron chi connectivity index (χ3n) is 2.52. The Morgan fingerprint density at radius 3 is 2.37 bits per heavy atom. The molecule has 0 spiro atoms. The number of para-hydroxylation sites is 1. The van der Waals surface area contributed by atoms with Gasteiger partial charge in [-0.25, -0.2) is 0 Å². The van der Waals surface area contributed by atoms with E-state index in [1.807, 2.05) is 6.92 Å². The number of nitrogens with two attached hydrogens (primary N) is 1. The molecule has 1 atom stereocenters. The zero-order valence-electron chi connectivity index (χ0n) is 10.8. The number of aromatic nitrogens is 1. The smallest absolute Gasteiger partial charge is 0.350 e. The Bertz CT molecular complexity index is 639. The molecule has 0 saturated heterocycles. The Kier molecular flexibility index (Phi) is 5.07. The van der Waals surface area contributed by atoms with Crippen molar-refractivity contribution in [3.63, 3.8) is 0 Å². The van der Waals surface area contributed by atoms with Crippen molar-refractivity contribution in [2.24, 2.45) is 12.8 Å². The highest BCUT2D eigenvalue weighted by molar-refractivity contribution is 7.79. The number of fused-ring (bicyclic) bond motifs is 1. The van der Waals surface area contributed by atoms with E-state index < -0.39 is 10.4 Å². The molecule has 2 aromatic rings. The van der Waals surface area contributed by atoms with Crippen LogP contribution in [0.2, 0.25) is 0 Å². The fraction of sp³-hybridized carbons (Fsp3) is 0.333. The van der Waals surface area contributed by atoms with E-state index in [1.54, 1.807) is 0 Å². The first-order valence-electron chi connectivity index (χ1n) is 5.67. The van der Waals surface area contributed by atoms with Crippen LogP contribution in [-0.2, 0) is 23.9 Å². The summed E-state index contributed by atoms with van der Waals surface area (Å²) < 4.78 is 33.7. The first-order chi connectivity index (χ1) is 8.68. The van der Waals surface area contributed by atoms with E-state index in [0.29, 0.717) is 0 Å². The summed E-state index contributed by atoms with van der Waals surface area (Å²) >= 11 is 0. The lowest BCUT2D eigenvalue weighted by Gasteiger charge is -2.02. The fourth-order valence-electron chi connectivity index (χ4n) is 1.94. The van der Waals surface area contributed by atoms with Crippen molar-refractivity contribution in [1.82, 2.24) is 4.57 Å².